The number of aromatic nitrogens is 1. The van der Waals surface area contributed by atoms with Crippen LogP contribution in [0, 0.1) is 11.3 Å². The van der Waals surface area contributed by atoms with Crippen molar-refractivity contribution in [2.45, 2.75) is 0 Å². The van der Waals surface area contributed by atoms with Gasteiger partial charge in [0, 0.05) is 6.08 Å². The summed E-state index contributed by atoms with van der Waals surface area (Å²) in [5, 5.41) is 16.6. The number of nitrogens with zero attached hydrogens (tertiary/aromatic N) is 2. The first-order valence-electron chi connectivity index (χ1n) is 4.09. The molecule has 5 nitrogen and oxygen atoms in total. The third kappa shape index (κ3) is 3.91. The maximum atomic E-state index is 10.2. The Bertz CT molecular complexity index is 404. The molecule has 1 N–H and O–H groups in total. The summed E-state index contributed by atoms with van der Waals surface area (Å²) in [4.78, 5) is 14.1. The Morgan fingerprint density at radius 2 is 2.47 bits per heavy atom. The van der Waals surface area contributed by atoms with Gasteiger partial charge in [-0.15, -0.1) is 0 Å². The Hall–Kier alpha value is -2.35. The molecule has 0 saturated carbocycles. The van der Waals surface area contributed by atoms with Gasteiger partial charge in [-0.2, -0.15) is 5.26 Å². The van der Waals surface area contributed by atoms with E-state index >= 15 is 0 Å². The van der Waals surface area contributed by atoms with E-state index in [0.717, 1.165) is 6.08 Å². The summed E-state index contributed by atoms with van der Waals surface area (Å²) in [6.07, 6.45) is 3.80. The summed E-state index contributed by atoms with van der Waals surface area (Å²) in [5.74, 6) is -0.550. The number of rotatable bonds is 4. The summed E-state index contributed by atoms with van der Waals surface area (Å²) < 4.78 is 4.97. The highest BCUT2D eigenvalue weighted by atomic mass is 16.5. The van der Waals surface area contributed by atoms with Gasteiger partial charge in [-0.3, -0.25) is 4.98 Å². The number of aliphatic carboxylic acids is 1. The highest BCUT2D eigenvalue weighted by Gasteiger charge is 1.94. The van der Waals surface area contributed by atoms with Crippen LogP contribution in [-0.2, 0) is 4.79 Å². The van der Waals surface area contributed by atoms with Gasteiger partial charge in [-0.1, -0.05) is 0 Å². The first-order valence-corrected chi connectivity index (χ1v) is 4.09. The van der Waals surface area contributed by atoms with Crippen LogP contribution in [0.2, 0.25) is 0 Å². The fraction of sp³-hybridized carbons (Fsp3) is 0.100. The molecule has 0 spiro atoms. The molecule has 5 heteroatoms. The number of nitriles is 1. The van der Waals surface area contributed by atoms with E-state index in [4.69, 9.17) is 15.1 Å². The van der Waals surface area contributed by atoms with Crippen molar-refractivity contribution < 1.29 is 14.6 Å². The quantitative estimate of drug-likeness (QED) is 0.742. The summed E-state index contributed by atoms with van der Waals surface area (Å²) in [7, 11) is 0. The monoisotopic (exact) mass is 204 g/mol. The Labute approximate surface area is 86.2 Å². The minimum atomic E-state index is -1.03. The molecule has 0 unspecified atom stereocenters. The first-order chi connectivity index (χ1) is 7.22. The van der Waals surface area contributed by atoms with Gasteiger partial charge in [0.1, 0.15) is 11.8 Å². The van der Waals surface area contributed by atoms with E-state index in [9.17, 15) is 4.79 Å². The third-order valence-corrected chi connectivity index (χ3v) is 1.46. The fourth-order valence-corrected chi connectivity index (χ4v) is 0.848. The maximum absolute atomic E-state index is 10.2. The molecule has 0 aliphatic heterocycles. The van der Waals surface area contributed by atoms with Crippen LogP contribution < -0.4 is 4.74 Å². The lowest BCUT2D eigenvalue weighted by Gasteiger charge is -1.99. The van der Waals surface area contributed by atoms with Gasteiger partial charge >= 0.3 is 5.97 Å². The SMILES string of the molecule is N#CCOc1ccc(C=CC(=O)O)nc1. The lowest BCUT2D eigenvalue weighted by Crippen LogP contribution is -1.94. The average Bonchev–Trinajstić information content (AvgIpc) is 2.25. The average molecular weight is 204 g/mol. The van der Waals surface area contributed by atoms with Crippen LogP contribution >= 0.6 is 0 Å². The van der Waals surface area contributed by atoms with E-state index in [1.54, 1.807) is 12.1 Å². The number of pyridine rings is 1. The molecular weight excluding hydrogens is 196 g/mol. The molecule has 76 valence electrons. The van der Waals surface area contributed by atoms with E-state index < -0.39 is 5.97 Å². The summed E-state index contributed by atoms with van der Waals surface area (Å²) >= 11 is 0. The molecule has 0 amide bonds. The molecule has 0 aliphatic rings. The van der Waals surface area contributed by atoms with Gasteiger partial charge in [0.2, 0.25) is 0 Å². The van der Waals surface area contributed by atoms with Crippen molar-refractivity contribution in [3.63, 3.8) is 0 Å². The summed E-state index contributed by atoms with van der Waals surface area (Å²) in [6, 6.07) is 5.05. The van der Waals surface area contributed by atoms with Crippen LogP contribution in [-0.4, -0.2) is 22.7 Å². The van der Waals surface area contributed by atoms with Crippen LogP contribution in [0.5, 0.6) is 5.75 Å². The molecule has 0 saturated heterocycles. The second-order valence-corrected chi connectivity index (χ2v) is 2.54. The molecule has 1 rings (SSSR count). The Balaban J connectivity index is 2.64. The number of hydrogen-bond donors (Lipinski definition) is 1. The van der Waals surface area contributed by atoms with Crippen LogP contribution in [0.15, 0.2) is 24.4 Å². The van der Waals surface area contributed by atoms with E-state index in [1.165, 1.54) is 12.3 Å². The predicted octanol–water partition coefficient (Wildman–Crippen LogP) is 1.08. The third-order valence-electron chi connectivity index (χ3n) is 1.46. The maximum Gasteiger partial charge on any atom is 0.328 e. The molecule has 0 bridgehead atoms. The standard InChI is InChI=1S/C10H8N2O3/c11-5-6-15-9-3-1-8(12-7-9)2-4-10(13)14/h1-4,7H,6H2,(H,13,14). The van der Waals surface area contributed by atoms with Crippen molar-refractivity contribution in [3.8, 4) is 11.8 Å². The number of carboxylic acid groups (broad SMARTS) is 1. The van der Waals surface area contributed by atoms with E-state index in [1.807, 2.05) is 6.07 Å². The Morgan fingerprint density at radius 3 is 3.00 bits per heavy atom. The highest BCUT2D eigenvalue weighted by Crippen LogP contribution is 2.09. The van der Waals surface area contributed by atoms with Gasteiger partial charge < -0.3 is 9.84 Å². The van der Waals surface area contributed by atoms with Crippen LogP contribution in [0.4, 0.5) is 0 Å². The lowest BCUT2D eigenvalue weighted by molar-refractivity contribution is -0.131. The molecule has 15 heavy (non-hydrogen) atoms. The highest BCUT2D eigenvalue weighted by molar-refractivity contribution is 5.84. The zero-order chi connectivity index (χ0) is 11.1. The minimum absolute atomic E-state index is 0.0357. The first kappa shape index (κ1) is 10.7. The largest absolute Gasteiger partial charge is 0.478 e. The number of carboxylic acids is 1. The molecule has 1 aromatic heterocycles. The second-order valence-electron chi connectivity index (χ2n) is 2.54. The minimum Gasteiger partial charge on any atom is -0.478 e. The molecule has 0 radical (unpaired) electrons. The van der Waals surface area contributed by atoms with Crippen molar-refractivity contribution in [1.29, 1.82) is 5.26 Å². The topological polar surface area (TPSA) is 83.2 Å². The van der Waals surface area contributed by atoms with E-state index in [0.29, 0.717) is 11.4 Å². The Kier molecular flexibility index (Phi) is 3.86. The van der Waals surface area contributed by atoms with Crippen LogP contribution in [0.1, 0.15) is 5.69 Å². The van der Waals surface area contributed by atoms with Gasteiger partial charge in [0.25, 0.3) is 0 Å². The van der Waals surface area contributed by atoms with Crippen LogP contribution in [0.3, 0.4) is 0 Å². The second kappa shape index (κ2) is 5.40. The fourth-order valence-electron chi connectivity index (χ4n) is 0.848. The molecule has 0 aromatic carbocycles. The summed E-state index contributed by atoms with van der Waals surface area (Å²) in [5.41, 5.74) is 0.515. The van der Waals surface area contributed by atoms with E-state index in [-0.39, 0.29) is 6.61 Å². The van der Waals surface area contributed by atoms with Crippen molar-refractivity contribution in [2.24, 2.45) is 0 Å². The number of ether oxygens (including phenoxy) is 1. The molecule has 0 fully saturated rings. The van der Waals surface area contributed by atoms with Crippen LogP contribution in [0.25, 0.3) is 6.08 Å². The van der Waals surface area contributed by atoms with E-state index in [2.05, 4.69) is 4.98 Å². The van der Waals surface area contributed by atoms with Gasteiger partial charge in [-0.05, 0) is 18.2 Å². The molecule has 1 aromatic rings. The predicted molar refractivity (Wildman–Crippen MR) is 52.0 cm³/mol. The molecule has 1 heterocycles. The van der Waals surface area contributed by atoms with Crippen molar-refractivity contribution >= 4 is 12.0 Å². The zero-order valence-corrected chi connectivity index (χ0v) is 7.75. The van der Waals surface area contributed by atoms with Crippen molar-refractivity contribution in [3.05, 3.63) is 30.1 Å². The van der Waals surface area contributed by atoms with Gasteiger partial charge in [0.05, 0.1) is 11.9 Å². The Morgan fingerprint density at radius 1 is 1.67 bits per heavy atom. The van der Waals surface area contributed by atoms with Gasteiger partial charge in [-0.25, -0.2) is 4.79 Å². The summed E-state index contributed by atoms with van der Waals surface area (Å²) in [6.45, 7) is -0.0357. The number of hydrogen-bond acceptors (Lipinski definition) is 4. The van der Waals surface area contributed by atoms with Crippen molar-refractivity contribution in [1.82, 2.24) is 4.98 Å². The smallest absolute Gasteiger partial charge is 0.328 e. The number of carbonyl (C=O) groups is 1. The normalized spacial score (nSPS) is 9.80. The molecule has 0 aliphatic carbocycles. The lowest BCUT2D eigenvalue weighted by atomic mass is 10.3. The molecule has 0 atom stereocenters. The zero-order valence-electron chi connectivity index (χ0n) is 7.75. The molecular formula is C10H8N2O3. The van der Waals surface area contributed by atoms with Crippen molar-refractivity contribution in [2.75, 3.05) is 6.61 Å². The van der Waals surface area contributed by atoms with Gasteiger partial charge in [0.15, 0.2) is 6.61 Å².